The van der Waals surface area contributed by atoms with E-state index in [-0.39, 0.29) is 47.8 Å². The van der Waals surface area contributed by atoms with Crippen LogP contribution < -0.4 is 5.32 Å². The number of alkyl halides is 3. The molecule has 0 spiro atoms. The van der Waals surface area contributed by atoms with Crippen molar-refractivity contribution in [1.82, 2.24) is 23.8 Å². The predicted molar refractivity (Wildman–Crippen MR) is 122 cm³/mol. The van der Waals surface area contributed by atoms with E-state index in [9.17, 15) is 26.0 Å². The van der Waals surface area contributed by atoms with Crippen LogP contribution in [0.5, 0.6) is 0 Å². The molecule has 36 heavy (non-hydrogen) atoms. The number of aromatic nitrogens is 4. The SMILES string of the molecule is Cc1nc(-c2nc(NC3CCN(S(C)(=O)=O)CC3)ncc2C(F)(F)F)cn1-c1ccc(C#N)cc1F. The highest BCUT2D eigenvalue weighted by atomic mass is 32.2. The van der Waals surface area contributed by atoms with E-state index in [4.69, 9.17) is 5.26 Å². The molecule has 1 N–H and O–H groups in total. The van der Waals surface area contributed by atoms with Gasteiger partial charge >= 0.3 is 6.18 Å². The maximum atomic E-state index is 14.6. The predicted octanol–water partition coefficient (Wildman–Crippen LogP) is 3.50. The number of benzene rings is 1. The van der Waals surface area contributed by atoms with Crippen LogP contribution in [0.25, 0.3) is 17.1 Å². The van der Waals surface area contributed by atoms with Crippen molar-refractivity contribution < 1.29 is 26.0 Å². The molecule has 14 heteroatoms. The van der Waals surface area contributed by atoms with E-state index in [2.05, 4.69) is 20.3 Å². The van der Waals surface area contributed by atoms with E-state index in [1.807, 2.05) is 6.07 Å². The van der Waals surface area contributed by atoms with Gasteiger partial charge in [0.1, 0.15) is 28.6 Å². The van der Waals surface area contributed by atoms with Crippen molar-refractivity contribution in [2.24, 2.45) is 0 Å². The smallest absolute Gasteiger partial charge is 0.351 e. The topological polar surface area (TPSA) is 117 Å². The summed E-state index contributed by atoms with van der Waals surface area (Å²) in [5.74, 6) is -0.585. The van der Waals surface area contributed by atoms with Crippen molar-refractivity contribution in [2.75, 3.05) is 24.7 Å². The first kappa shape index (κ1) is 25.5. The van der Waals surface area contributed by atoms with Crippen LogP contribution >= 0.6 is 0 Å². The molecule has 1 aromatic carbocycles. The summed E-state index contributed by atoms with van der Waals surface area (Å²) in [5, 5.41) is 11.9. The second-order valence-electron chi connectivity index (χ2n) is 8.36. The van der Waals surface area contributed by atoms with Gasteiger partial charge in [-0.05, 0) is 38.0 Å². The van der Waals surface area contributed by atoms with Crippen LogP contribution in [0.15, 0.2) is 30.6 Å². The molecule has 1 saturated heterocycles. The number of aryl methyl sites for hydroxylation is 1. The van der Waals surface area contributed by atoms with Gasteiger partial charge in [-0.3, -0.25) is 0 Å². The quantitative estimate of drug-likeness (QED) is 0.509. The van der Waals surface area contributed by atoms with Gasteiger partial charge < -0.3 is 9.88 Å². The minimum Gasteiger partial charge on any atom is -0.351 e. The highest BCUT2D eigenvalue weighted by Gasteiger charge is 2.36. The second kappa shape index (κ2) is 9.47. The lowest BCUT2D eigenvalue weighted by molar-refractivity contribution is -0.137. The van der Waals surface area contributed by atoms with E-state index >= 15 is 0 Å². The number of piperidine rings is 1. The van der Waals surface area contributed by atoms with Crippen molar-refractivity contribution in [3.63, 3.8) is 0 Å². The molecule has 0 amide bonds. The number of rotatable bonds is 5. The van der Waals surface area contributed by atoms with E-state index < -0.39 is 33.3 Å². The second-order valence-corrected chi connectivity index (χ2v) is 10.3. The molecular weight excluding hydrogens is 502 g/mol. The standard InChI is InChI=1S/C22H21F4N7O2S/c1-13-29-18(12-33(13)19-4-3-14(10-27)9-17(19)23)20-16(22(24,25)26)11-28-21(31-20)30-15-5-7-32(8-6-15)36(2,34)35/h3-4,9,11-12,15H,5-8H2,1-2H3,(H,28,30,31). The van der Waals surface area contributed by atoms with Gasteiger partial charge in [-0.2, -0.15) is 18.4 Å². The Morgan fingerprint density at radius 1 is 1.19 bits per heavy atom. The molecule has 0 unspecified atom stereocenters. The van der Waals surface area contributed by atoms with E-state index in [1.54, 1.807) is 0 Å². The largest absolute Gasteiger partial charge is 0.420 e. The molecule has 4 rings (SSSR count). The molecule has 0 saturated carbocycles. The summed E-state index contributed by atoms with van der Waals surface area (Å²) in [5.41, 5.74) is -1.61. The Balaban J connectivity index is 1.67. The zero-order valence-electron chi connectivity index (χ0n) is 19.2. The van der Waals surface area contributed by atoms with E-state index in [0.717, 1.165) is 12.3 Å². The molecule has 0 atom stereocenters. The van der Waals surface area contributed by atoms with Crippen LogP contribution in [0, 0.1) is 24.1 Å². The van der Waals surface area contributed by atoms with Gasteiger partial charge in [0, 0.05) is 31.5 Å². The minimum atomic E-state index is -4.77. The Labute approximate surface area is 204 Å². The number of anilines is 1. The number of nitrogens with one attached hydrogen (secondary N) is 1. The maximum absolute atomic E-state index is 14.6. The molecule has 3 aromatic rings. The lowest BCUT2D eigenvalue weighted by Crippen LogP contribution is -2.42. The van der Waals surface area contributed by atoms with Crippen LogP contribution in [0.2, 0.25) is 0 Å². The van der Waals surface area contributed by atoms with Crippen LogP contribution in [-0.4, -0.2) is 57.6 Å². The molecule has 0 radical (unpaired) electrons. The first-order valence-electron chi connectivity index (χ1n) is 10.8. The van der Waals surface area contributed by atoms with E-state index in [1.165, 1.54) is 34.1 Å². The normalized spacial score (nSPS) is 15.6. The lowest BCUT2D eigenvalue weighted by atomic mass is 10.1. The Morgan fingerprint density at radius 3 is 2.47 bits per heavy atom. The van der Waals surface area contributed by atoms with Crippen LogP contribution in [-0.2, 0) is 16.2 Å². The van der Waals surface area contributed by atoms with Gasteiger partial charge in [-0.1, -0.05) is 0 Å². The van der Waals surface area contributed by atoms with Crippen LogP contribution in [0.3, 0.4) is 0 Å². The number of hydrogen-bond donors (Lipinski definition) is 1. The molecule has 0 aliphatic carbocycles. The average molecular weight is 524 g/mol. The fraction of sp³-hybridized carbons (Fsp3) is 0.364. The van der Waals surface area contributed by atoms with E-state index in [0.29, 0.717) is 19.0 Å². The molecule has 9 nitrogen and oxygen atoms in total. The first-order chi connectivity index (χ1) is 16.9. The highest BCUT2D eigenvalue weighted by Crippen LogP contribution is 2.36. The summed E-state index contributed by atoms with van der Waals surface area (Å²) in [6.45, 7) is 2.04. The third-order valence-corrected chi connectivity index (χ3v) is 7.11. The molecule has 1 aliphatic rings. The summed E-state index contributed by atoms with van der Waals surface area (Å²) >= 11 is 0. The molecule has 3 heterocycles. The third-order valence-electron chi connectivity index (χ3n) is 5.81. The summed E-state index contributed by atoms with van der Waals surface area (Å²) < 4.78 is 81.9. The zero-order chi connectivity index (χ0) is 26.3. The average Bonchev–Trinajstić information content (AvgIpc) is 3.19. The number of imidazole rings is 1. The summed E-state index contributed by atoms with van der Waals surface area (Å²) in [6, 6.07) is 5.34. The summed E-state index contributed by atoms with van der Waals surface area (Å²) in [7, 11) is -3.32. The van der Waals surface area contributed by atoms with Gasteiger partial charge in [0.05, 0.1) is 23.6 Å². The molecule has 2 aromatic heterocycles. The number of nitrogens with zero attached hydrogens (tertiary/aromatic N) is 6. The number of nitriles is 1. The van der Waals surface area contributed by atoms with Crippen molar-refractivity contribution in [1.29, 1.82) is 5.26 Å². The van der Waals surface area contributed by atoms with Crippen molar-refractivity contribution >= 4 is 16.0 Å². The molecule has 1 aliphatic heterocycles. The fourth-order valence-corrected chi connectivity index (χ4v) is 4.85. The molecule has 1 fully saturated rings. The monoisotopic (exact) mass is 523 g/mol. The Hall–Kier alpha value is -3.57. The van der Waals surface area contributed by atoms with Gasteiger partial charge in [-0.25, -0.2) is 32.1 Å². The molecular formula is C22H21F4N7O2S. The van der Waals surface area contributed by atoms with Gasteiger partial charge in [-0.15, -0.1) is 0 Å². The minimum absolute atomic E-state index is 0.0175. The van der Waals surface area contributed by atoms with Gasteiger partial charge in [0.25, 0.3) is 0 Å². The van der Waals surface area contributed by atoms with Crippen molar-refractivity contribution in [2.45, 2.75) is 32.0 Å². The summed E-state index contributed by atoms with van der Waals surface area (Å²) in [6.07, 6.45) is -0.890. The molecule has 0 bridgehead atoms. The first-order valence-corrected chi connectivity index (χ1v) is 12.6. The Morgan fingerprint density at radius 2 is 1.89 bits per heavy atom. The molecule has 190 valence electrons. The Kier molecular flexibility index (Phi) is 6.72. The highest BCUT2D eigenvalue weighted by molar-refractivity contribution is 7.88. The third kappa shape index (κ3) is 5.31. The van der Waals surface area contributed by atoms with Gasteiger partial charge in [0.2, 0.25) is 16.0 Å². The summed E-state index contributed by atoms with van der Waals surface area (Å²) in [4.78, 5) is 12.1. The maximum Gasteiger partial charge on any atom is 0.420 e. The van der Waals surface area contributed by atoms with Crippen LogP contribution in [0.4, 0.5) is 23.5 Å². The van der Waals surface area contributed by atoms with Crippen LogP contribution in [0.1, 0.15) is 29.8 Å². The zero-order valence-corrected chi connectivity index (χ0v) is 20.0. The fourth-order valence-electron chi connectivity index (χ4n) is 3.97. The number of sulfonamides is 1. The lowest BCUT2D eigenvalue weighted by Gasteiger charge is -2.30. The Bertz CT molecular complexity index is 1440. The van der Waals surface area contributed by atoms with Crippen molar-refractivity contribution in [3.8, 4) is 23.1 Å². The number of halogens is 4. The van der Waals surface area contributed by atoms with Gasteiger partial charge in [0.15, 0.2) is 0 Å². The van der Waals surface area contributed by atoms with Crippen molar-refractivity contribution in [3.05, 3.63) is 53.4 Å². The number of hydrogen-bond acceptors (Lipinski definition) is 7.